The number of carbonyl (C=O) groups is 1. The molecule has 0 amide bonds. The number of nitrogens with zero attached hydrogens (tertiary/aromatic N) is 1. The lowest BCUT2D eigenvalue weighted by atomic mass is 9.99. The number of benzene rings is 1. The third kappa shape index (κ3) is 3.51. The van der Waals surface area contributed by atoms with E-state index in [1.165, 1.54) is 23.5 Å². The van der Waals surface area contributed by atoms with Gasteiger partial charge in [-0.3, -0.25) is 0 Å². The Kier molecular flexibility index (Phi) is 4.88. The van der Waals surface area contributed by atoms with Gasteiger partial charge in [0, 0.05) is 23.4 Å². The first-order chi connectivity index (χ1) is 11.2. The third-order valence-electron chi connectivity index (χ3n) is 3.58. The van der Waals surface area contributed by atoms with E-state index in [0.717, 1.165) is 23.5 Å². The summed E-state index contributed by atoms with van der Waals surface area (Å²) in [7, 11) is 0. The molecule has 2 aromatic rings. The minimum Gasteiger partial charge on any atom is -0.482 e. The molecule has 0 radical (unpaired) electrons. The molecule has 1 N–H and O–H groups in total. The van der Waals surface area contributed by atoms with Crippen LogP contribution in [0.25, 0.3) is 0 Å². The Hall–Kier alpha value is -1.99. The molecule has 0 spiro atoms. The van der Waals surface area contributed by atoms with Gasteiger partial charge in [0.1, 0.15) is 11.6 Å². The van der Waals surface area contributed by atoms with Crippen LogP contribution in [-0.2, 0) is 16.0 Å². The van der Waals surface area contributed by atoms with Crippen molar-refractivity contribution in [2.45, 2.75) is 19.4 Å². The van der Waals surface area contributed by atoms with Crippen molar-refractivity contribution in [1.82, 2.24) is 10.3 Å². The smallest absolute Gasteiger partial charge is 0.344 e. The number of carbonyl (C=O) groups excluding carboxylic acids is 1. The Bertz CT molecular complexity index is 704. The van der Waals surface area contributed by atoms with Crippen LogP contribution < -0.4 is 10.1 Å². The Labute approximate surface area is 137 Å². The molecule has 1 aromatic carbocycles. The standard InChI is InChI=1S/C16H17FN2O3S/c1-2-21-14(20)8-22-13-4-3-10(17)7-11(13)15-16-12(5-6-18-15)19-9-23-16/h3-4,7,9,15,18H,2,5-6,8H2,1H3. The molecule has 0 bridgehead atoms. The molecule has 1 aromatic heterocycles. The van der Waals surface area contributed by atoms with Gasteiger partial charge in [-0.2, -0.15) is 0 Å². The molecule has 1 unspecified atom stereocenters. The summed E-state index contributed by atoms with van der Waals surface area (Å²) >= 11 is 1.53. The lowest BCUT2D eigenvalue weighted by molar-refractivity contribution is -0.145. The maximum Gasteiger partial charge on any atom is 0.344 e. The first-order valence-corrected chi connectivity index (χ1v) is 8.30. The van der Waals surface area contributed by atoms with Gasteiger partial charge in [0.15, 0.2) is 6.61 Å². The van der Waals surface area contributed by atoms with Gasteiger partial charge in [0.25, 0.3) is 0 Å². The predicted octanol–water partition coefficient (Wildman–Crippen LogP) is 2.46. The number of hydrogen-bond donors (Lipinski definition) is 1. The second-order valence-corrected chi connectivity index (χ2v) is 5.96. The van der Waals surface area contributed by atoms with E-state index in [9.17, 15) is 9.18 Å². The van der Waals surface area contributed by atoms with Gasteiger partial charge in [-0.05, 0) is 25.1 Å². The maximum absolute atomic E-state index is 13.7. The Morgan fingerprint density at radius 3 is 3.22 bits per heavy atom. The zero-order valence-electron chi connectivity index (χ0n) is 12.7. The molecule has 3 rings (SSSR count). The highest BCUT2D eigenvalue weighted by Gasteiger charge is 2.27. The summed E-state index contributed by atoms with van der Waals surface area (Å²) in [6.45, 7) is 2.59. The number of halogens is 1. The predicted molar refractivity (Wildman–Crippen MR) is 84.2 cm³/mol. The zero-order valence-corrected chi connectivity index (χ0v) is 13.5. The summed E-state index contributed by atoms with van der Waals surface area (Å²) in [5, 5.41) is 3.37. The molecular formula is C16H17FN2O3S. The lowest BCUT2D eigenvalue weighted by Crippen LogP contribution is -2.30. The van der Waals surface area contributed by atoms with Crippen LogP contribution in [0, 0.1) is 5.82 Å². The average Bonchev–Trinajstić information content (AvgIpc) is 3.02. The van der Waals surface area contributed by atoms with Crippen LogP contribution in [0.5, 0.6) is 5.75 Å². The van der Waals surface area contributed by atoms with Crippen LogP contribution in [0.1, 0.15) is 29.1 Å². The van der Waals surface area contributed by atoms with Gasteiger partial charge in [-0.15, -0.1) is 11.3 Å². The van der Waals surface area contributed by atoms with Crippen molar-refractivity contribution in [3.05, 3.63) is 45.7 Å². The highest BCUT2D eigenvalue weighted by Crippen LogP contribution is 2.36. The molecule has 23 heavy (non-hydrogen) atoms. The van der Waals surface area contributed by atoms with E-state index in [0.29, 0.717) is 17.9 Å². The van der Waals surface area contributed by atoms with E-state index in [2.05, 4.69) is 10.3 Å². The molecule has 0 saturated carbocycles. The minimum absolute atomic E-state index is 0.181. The number of rotatable bonds is 5. The van der Waals surface area contributed by atoms with E-state index in [-0.39, 0.29) is 18.5 Å². The van der Waals surface area contributed by atoms with Crippen LogP contribution in [0.3, 0.4) is 0 Å². The Morgan fingerprint density at radius 1 is 1.52 bits per heavy atom. The van der Waals surface area contributed by atoms with Crippen molar-refractivity contribution < 1.29 is 18.7 Å². The molecule has 7 heteroatoms. The Morgan fingerprint density at radius 2 is 2.39 bits per heavy atom. The van der Waals surface area contributed by atoms with Crippen LogP contribution in [0.4, 0.5) is 4.39 Å². The van der Waals surface area contributed by atoms with Crippen molar-refractivity contribution >= 4 is 17.3 Å². The third-order valence-corrected chi connectivity index (χ3v) is 4.51. The molecule has 0 aliphatic carbocycles. The first kappa shape index (κ1) is 15.9. The van der Waals surface area contributed by atoms with Gasteiger partial charge < -0.3 is 14.8 Å². The fraction of sp³-hybridized carbons (Fsp3) is 0.375. The number of fused-ring (bicyclic) bond motifs is 1. The number of esters is 1. The first-order valence-electron chi connectivity index (χ1n) is 7.42. The van der Waals surface area contributed by atoms with Gasteiger partial charge in [0.05, 0.1) is 23.9 Å². The van der Waals surface area contributed by atoms with Crippen LogP contribution in [-0.4, -0.2) is 30.7 Å². The topological polar surface area (TPSA) is 60.5 Å². The maximum atomic E-state index is 13.7. The second kappa shape index (κ2) is 7.06. The summed E-state index contributed by atoms with van der Waals surface area (Å²) in [5.74, 6) is -0.321. The molecule has 5 nitrogen and oxygen atoms in total. The Balaban J connectivity index is 1.87. The molecule has 1 aliphatic heterocycles. The summed E-state index contributed by atoms with van der Waals surface area (Å²) in [6, 6.07) is 4.12. The molecule has 1 atom stereocenters. The molecule has 122 valence electrons. The van der Waals surface area contributed by atoms with E-state index in [1.54, 1.807) is 18.5 Å². The fourth-order valence-electron chi connectivity index (χ4n) is 2.60. The lowest BCUT2D eigenvalue weighted by Gasteiger charge is -2.25. The highest BCUT2D eigenvalue weighted by atomic mass is 32.1. The number of ether oxygens (including phenoxy) is 2. The number of hydrogen-bond acceptors (Lipinski definition) is 6. The van der Waals surface area contributed by atoms with E-state index >= 15 is 0 Å². The highest BCUT2D eigenvalue weighted by molar-refractivity contribution is 7.09. The monoisotopic (exact) mass is 336 g/mol. The van der Waals surface area contributed by atoms with Crippen molar-refractivity contribution in [2.75, 3.05) is 19.8 Å². The SMILES string of the molecule is CCOC(=O)COc1ccc(F)cc1C1NCCc2ncsc21. The number of aromatic nitrogens is 1. The number of nitrogens with one attached hydrogen (secondary N) is 1. The largest absolute Gasteiger partial charge is 0.482 e. The summed E-state index contributed by atoms with van der Waals surface area (Å²) in [4.78, 5) is 16.9. The zero-order chi connectivity index (χ0) is 16.2. The number of thiazole rings is 1. The summed E-state index contributed by atoms with van der Waals surface area (Å²) in [5.41, 5.74) is 3.49. The molecule has 2 heterocycles. The average molecular weight is 336 g/mol. The van der Waals surface area contributed by atoms with Crippen LogP contribution in [0.2, 0.25) is 0 Å². The van der Waals surface area contributed by atoms with Gasteiger partial charge in [-0.1, -0.05) is 0 Å². The van der Waals surface area contributed by atoms with E-state index in [1.807, 2.05) is 0 Å². The van der Waals surface area contributed by atoms with Crippen molar-refractivity contribution in [1.29, 1.82) is 0 Å². The van der Waals surface area contributed by atoms with Gasteiger partial charge in [0.2, 0.25) is 0 Å². The molecule has 1 aliphatic rings. The van der Waals surface area contributed by atoms with Gasteiger partial charge in [-0.25, -0.2) is 14.2 Å². The quantitative estimate of drug-likeness (QED) is 0.850. The fourth-order valence-corrected chi connectivity index (χ4v) is 3.53. The van der Waals surface area contributed by atoms with Gasteiger partial charge >= 0.3 is 5.97 Å². The van der Waals surface area contributed by atoms with Crippen molar-refractivity contribution in [2.24, 2.45) is 0 Å². The van der Waals surface area contributed by atoms with Crippen LogP contribution in [0.15, 0.2) is 23.7 Å². The summed E-state index contributed by atoms with van der Waals surface area (Å²) < 4.78 is 24.1. The molecular weight excluding hydrogens is 319 g/mol. The van der Waals surface area contributed by atoms with E-state index in [4.69, 9.17) is 9.47 Å². The molecule has 0 fully saturated rings. The molecule has 0 saturated heterocycles. The van der Waals surface area contributed by atoms with Crippen molar-refractivity contribution in [3.8, 4) is 5.75 Å². The van der Waals surface area contributed by atoms with E-state index < -0.39 is 5.97 Å². The summed E-state index contributed by atoms with van der Waals surface area (Å²) in [6.07, 6.45) is 0.851. The van der Waals surface area contributed by atoms with Crippen LogP contribution >= 0.6 is 11.3 Å². The van der Waals surface area contributed by atoms with Crippen molar-refractivity contribution in [3.63, 3.8) is 0 Å². The normalized spacial score (nSPS) is 16.7. The second-order valence-electron chi connectivity index (χ2n) is 5.08. The minimum atomic E-state index is -0.446.